The lowest BCUT2D eigenvalue weighted by molar-refractivity contribution is 0.0584. The van der Waals surface area contributed by atoms with E-state index in [4.69, 9.17) is 4.74 Å². The second-order valence-electron chi connectivity index (χ2n) is 4.01. The fourth-order valence-electron chi connectivity index (χ4n) is 1.89. The summed E-state index contributed by atoms with van der Waals surface area (Å²) in [5.41, 5.74) is 1.21. The van der Waals surface area contributed by atoms with Crippen LogP contribution in [0.3, 0.4) is 0 Å². The zero-order chi connectivity index (χ0) is 11.2. The van der Waals surface area contributed by atoms with Gasteiger partial charge in [-0.25, -0.2) is 0 Å². The molecule has 4 heteroatoms. The number of ether oxygens (including phenoxy) is 1. The molecule has 0 bridgehead atoms. The lowest BCUT2D eigenvalue weighted by Crippen LogP contribution is -2.45. The van der Waals surface area contributed by atoms with Gasteiger partial charge in [-0.1, -0.05) is 35.5 Å². The third-order valence-corrected chi connectivity index (χ3v) is 2.87. The Morgan fingerprint density at radius 2 is 2.19 bits per heavy atom. The summed E-state index contributed by atoms with van der Waals surface area (Å²) < 4.78 is 5.34. The molecule has 2 unspecified atom stereocenters. The third-order valence-electron chi connectivity index (χ3n) is 2.87. The van der Waals surface area contributed by atoms with E-state index in [2.05, 4.69) is 22.6 Å². The first kappa shape index (κ1) is 11.2. The molecular weight excluding hydrogens is 204 g/mol. The van der Waals surface area contributed by atoms with Crippen molar-refractivity contribution in [3.05, 3.63) is 40.8 Å². The molecular formula is C12H16N2O2. The molecule has 1 aromatic carbocycles. The maximum Gasteiger partial charge on any atom is 0.112 e. The first-order valence-corrected chi connectivity index (χ1v) is 5.57. The average Bonchev–Trinajstić information content (AvgIpc) is 2.38. The Labute approximate surface area is 95.0 Å². The summed E-state index contributed by atoms with van der Waals surface area (Å²) in [4.78, 5) is 10.6. The molecule has 0 amide bonds. The maximum atomic E-state index is 10.6. The van der Waals surface area contributed by atoms with E-state index >= 15 is 0 Å². The van der Waals surface area contributed by atoms with Gasteiger partial charge in [0.25, 0.3) is 0 Å². The van der Waals surface area contributed by atoms with Gasteiger partial charge in [-0.15, -0.1) is 0 Å². The first-order valence-electron chi connectivity index (χ1n) is 5.57. The predicted octanol–water partition coefficient (Wildman–Crippen LogP) is 1.70. The minimum atomic E-state index is -0.155. The lowest BCUT2D eigenvalue weighted by Gasteiger charge is -2.27. The number of benzene rings is 1. The van der Waals surface area contributed by atoms with Crippen LogP contribution < -0.4 is 5.32 Å². The fraction of sp³-hybridized carbons (Fsp3) is 0.500. The van der Waals surface area contributed by atoms with E-state index in [0.717, 1.165) is 13.0 Å². The summed E-state index contributed by atoms with van der Waals surface area (Å²) in [6, 6.07) is 10.0. The Morgan fingerprint density at radius 1 is 1.38 bits per heavy atom. The number of hydrogen-bond donors (Lipinski definition) is 1. The Hall–Kier alpha value is -1.26. The average molecular weight is 220 g/mol. The van der Waals surface area contributed by atoms with E-state index in [-0.39, 0.29) is 12.1 Å². The quantitative estimate of drug-likeness (QED) is 0.786. The van der Waals surface area contributed by atoms with Crippen LogP contribution in [0.25, 0.3) is 0 Å². The highest BCUT2D eigenvalue weighted by Gasteiger charge is 2.25. The Bertz CT molecular complexity index is 329. The number of nitrogens with zero attached hydrogens (tertiary/aromatic N) is 1. The van der Waals surface area contributed by atoms with Crippen molar-refractivity contribution in [1.82, 2.24) is 5.32 Å². The van der Waals surface area contributed by atoms with Gasteiger partial charge in [0.05, 0.1) is 12.6 Å². The van der Waals surface area contributed by atoms with Gasteiger partial charge in [-0.2, -0.15) is 4.91 Å². The molecule has 0 spiro atoms. The predicted molar refractivity (Wildman–Crippen MR) is 62.1 cm³/mol. The van der Waals surface area contributed by atoms with Crippen molar-refractivity contribution in [2.24, 2.45) is 5.18 Å². The monoisotopic (exact) mass is 220 g/mol. The fourth-order valence-corrected chi connectivity index (χ4v) is 1.89. The van der Waals surface area contributed by atoms with Gasteiger partial charge < -0.3 is 10.1 Å². The molecule has 0 radical (unpaired) electrons. The van der Waals surface area contributed by atoms with E-state index in [0.29, 0.717) is 13.2 Å². The van der Waals surface area contributed by atoms with Gasteiger partial charge in [0.15, 0.2) is 0 Å². The molecule has 1 aliphatic rings. The molecule has 0 aliphatic carbocycles. The maximum absolute atomic E-state index is 10.6. The van der Waals surface area contributed by atoms with Crippen LogP contribution in [-0.2, 0) is 11.3 Å². The van der Waals surface area contributed by atoms with Gasteiger partial charge in [0.1, 0.15) is 6.04 Å². The van der Waals surface area contributed by atoms with E-state index in [1.165, 1.54) is 5.56 Å². The van der Waals surface area contributed by atoms with Gasteiger partial charge in [-0.3, -0.25) is 0 Å². The molecule has 1 N–H and O–H groups in total. The van der Waals surface area contributed by atoms with Crippen molar-refractivity contribution in [3.8, 4) is 0 Å². The van der Waals surface area contributed by atoms with Gasteiger partial charge in [0, 0.05) is 13.2 Å². The highest BCUT2D eigenvalue weighted by atomic mass is 16.5. The number of nitrogens with one attached hydrogen (secondary N) is 1. The van der Waals surface area contributed by atoms with Gasteiger partial charge >= 0.3 is 0 Å². The van der Waals surface area contributed by atoms with Crippen LogP contribution in [0.15, 0.2) is 35.5 Å². The van der Waals surface area contributed by atoms with Crippen LogP contribution >= 0.6 is 0 Å². The Balaban J connectivity index is 1.86. The number of rotatable bonds is 4. The third kappa shape index (κ3) is 2.87. The van der Waals surface area contributed by atoms with Crippen LogP contribution in [0.1, 0.15) is 12.0 Å². The molecule has 0 aromatic heterocycles. The molecule has 1 aromatic rings. The topological polar surface area (TPSA) is 50.7 Å². The van der Waals surface area contributed by atoms with Gasteiger partial charge in [0.2, 0.25) is 0 Å². The van der Waals surface area contributed by atoms with Crippen LogP contribution in [0.4, 0.5) is 0 Å². The Morgan fingerprint density at radius 3 is 2.94 bits per heavy atom. The van der Waals surface area contributed by atoms with Crippen LogP contribution in [-0.4, -0.2) is 25.3 Å². The van der Waals surface area contributed by atoms with Gasteiger partial charge in [-0.05, 0) is 12.0 Å². The van der Waals surface area contributed by atoms with Crippen LogP contribution in [0.2, 0.25) is 0 Å². The standard InChI is InChI=1S/C12H16N2O2/c15-14-11-6-7-16-9-12(11)13-8-10-4-2-1-3-5-10/h1-5,11-13H,6-9H2. The summed E-state index contributed by atoms with van der Waals surface area (Å²) in [6.45, 7) is 1.96. The summed E-state index contributed by atoms with van der Waals surface area (Å²) in [7, 11) is 0. The van der Waals surface area contributed by atoms with Crippen molar-refractivity contribution in [2.75, 3.05) is 13.2 Å². The highest BCUT2D eigenvalue weighted by Crippen LogP contribution is 2.12. The molecule has 0 saturated carbocycles. The van der Waals surface area contributed by atoms with Crippen molar-refractivity contribution < 1.29 is 4.74 Å². The summed E-state index contributed by atoms with van der Waals surface area (Å²) in [5.74, 6) is 0. The smallest absolute Gasteiger partial charge is 0.112 e. The Kier molecular flexibility index (Phi) is 4.02. The molecule has 1 saturated heterocycles. The summed E-state index contributed by atoms with van der Waals surface area (Å²) >= 11 is 0. The van der Waals surface area contributed by atoms with Crippen molar-refractivity contribution >= 4 is 0 Å². The molecule has 4 nitrogen and oxygen atoms in total. The molecule has 1 aliphatic heterocycles. The van der Waals surface area contributed by atoms with Crippen LogP contribution in [0.5, 0.6) is 0 Å². The normalized spacial score (nSPS) is 25.2. The number of nitroso groups, excluding NO2 is 1. The zero-order valence-corrected chi connectivity index (χ0v) is 9.13. The van der Waals surface area contributed by atoms with Crippen molar-refractivity contribution in [1.29, 1.82) is 0 Å². The second-order valence-corrected chi connectivity index (χ2v) is 4.01. The summed E-state index contributed by atoms with van der Waals surface area (Å²) in [6.07, 6.45) is 0.718. The molecule has 1 heterocycles. The SMILES string of the molecule is O=NC1CCOCC1NCc1ccccc1. The largest absolute Gasteiger partial charge is 0.380 e. The highest BCUT2D eigenvalue weighted by molar-refractivity contribution is 5.14. The van der Waals surface area contributed by atoms with Crippen molar-refractivity contribution in [3.63, 3.8) is 0 Å². The molecule has 1 fully saturated rings. The second kappa shape index (κ2) is 5.72. The van der Waals surface area contributed by atoms with E-state index < -0.39 is 0 Å². The number of hydrogen-bond acceptors (Lipinski definition) is 4. The molecule has 86 valence electrons. The summed E-state index contributed by atoms with van der Waals surface area (Å²) in [5, 5.41) is 6.47. The molecule has 2 rings (SSSR count). The van der Waals surface area contributed by atoms with E-state index in [1.807, 2.05) is 18.2 Å². The minimum absolute atomic E-state index is 0.0476. The van der Waals surface area contributed by atoms with E-state index in [1.54, 1.807) is 0 Å². The van der Waals surface area contributed by atoms with Crippen molar-refractivity contribution in [2.45, 2.75) is 25.0 Å². The first-order chi connectivity index (χ1) is 7.90. The molecule has 2 atom stereocenters. The zero-order valence-electron chi connectivity index (χ0n) is 9.13. The minimum Gasteiger partial charge on any atom is -0.380 e. The van der Waals surface area contributed by atoms with Crippen LogP contribution in [0, 0.1) is 4.91 Å². The lowest BCUT2D eigenvalue weighted by atomic mass is 10.0. The van der Waals surface area contributed by atoms with E-state index in [9.17, 15) is 4.91 Å². The molecule has 16 heavy (non-hydrogen) atoms.